The average Bonchev–Trinajstić information content (AvgIpc) is 2.39. The number of carbonyl (C=O) groups is 1. The molecule has 20 heavy (non-hydrogen) atoms. The molecule has 110 valence electrons. The van der Waals surface area contributed by atoms with E-state index in [-0.39, 0.29) is 17.4 Å². The largest absolute Gasteiger partial charge is 0.480 e. The lowest BCUT2D eigenvalue weighted by Crippen LogP contribution is -2.49. The van der Waals surface area contributed by atoms with Crippen molar-refractivity contribution in [2.45, 2.75) is 45.7 Å². The molecule has 2 atom stereocenters. The molecule has 0 spiro atoms. The molecule has 0 aliphatic carbocycles. The van der Waals surface area contributed by atoms with Crippen LogP contribution in [0.2, 0.25) is 0 Å². The van der Waals surface area contributed by atoms with Crippen molar-refractivity contribution in [1.29, 1.82) is 0 Å². The zero-order valence-electron chi connectivity index (χ0n) is 12.1. The number of aliphatic carboxylic acids is 1. The van der Waals surface area contributed by atoms with Crippen LogP contribution in [-0.4, -0.2) is 33.2 Å². The molecule has 0 radical (unpaired) electrons. The Kier molecular flexibility index (Phi) is 4.11. The third-order valence-electron chi connectivity index (χ3n) is 3.83. The van der Waals surface area contributed by atoms with Crippen LogP contribution in [0.4, 0.5) is 5.82 Å². The van der Waals surface area contributed by atoms with Crippen LogP contribution >= 0.6 is 0 Å². The topological polar surface area (TPSA) is 75.4 Å². The van der Waals surface area contributed by atoms with Gasteiger partial charge in [-0.15, -0.1) is 0 Å². The van der Waals surface area contributed by atoms with Crippen LogP contribution in [0.5, 0.6) is 0 Å². The van der Waals surface area contributed by atoms with Crippen molar-refractivity contribution in [1.82, 2.24) is 9.55 Å². The van der Waals surface area contributed by atoms with Gasteiger partial charge in [-0.1, -0.05) is 6.92 Å². The number of rotatable bonds is 3. The number of carboxylic acids is 1. The normalized spacial score (nSPS) is 23.1. The summed E-state index contributed by atoms with van der Waals surface area (Å²) in [7, 11) is 0. The zero-order valence-corrected chi connectivity index (χ0v) is 12.1. The number of nitrogens with zero attached hydrogens (tertiary/aromatic N) is 3. The maximum Gasteiger partial charge on any atom is 0.326 e. The third-order valence-corrected chi connectivity index (χ3v) is 3.83. The van der Waals surface area contributed by atoms with Crippen molar-refractivity contribution in [2.24, 2.45) is 5.92 Å². The second-order valence-electron chi connectivity index (χ2n) is 5.73. The molecule has 1 aliphatic heterocycles. The molecular weight excluding hydrogens is 258 g/mol. The fourth-order valence-corrected chi connectivity index (χ4v) is 2.65. The Morgan fingerprint density at radius 2 is 2.20 bits per heavy atom. The van der Waals surface area contributed by atoms with Crippen molar-refractivity contribution >= 4 is 11.8 Å². The molecule has 6 nitrogen and oxygen atoms in total. The van der Waals surface area contributed by atoms with Gasteiger partial charge in [0.1, 0.15) is 6.04 Å². The molecule has 2 heterocycles. The SMILES string of the molecule is CC1CCN(c2nccn(C(C)C)c2=O)C(C(=O)O)C1. The predicted octanol–water partition coefficient (Wildman–Crippen LogP) is 1.51. The van der Waals surface area contributed by atoms with Crippen LogP contribution in [0.25, 0.3) is 0 Å². The van der Waals surface area contributed by atoms with Gasteiger partial charge in [-0.25, -0.2) is 9.78 Å². The van der Waals surface area contributed by atoms with Crippen LogP contribution in [0.3, 0.4) is 0 Å². The van der Waals surface area contributed by atoms with E-state index < -0.39 is 12.0 Å². The summed E-state index contributed by atoms with van der Waals surface area (Å²) >= 11 is 0. The molecule has 2 rings (SSSR count). The molecule has 0 bridgehead atoms. The van der Waals surface area contributed by atoms with Gasteiger partial charge in [0.2, 0.25) is 0 Å². The lowest BCUT2D eigenvalue weighted by atomic mass is 9.92. The molecule has 0 aromatic carbocycles. The highest BCUT2D eigenvalue weighted by molar-refractivity contribution is 5.77. The van der Waals surface area contributed by atoms with E-state index in [1.54, 1.807) is 21.9 Å². The maximum atomic E-state index is 12.4. The van der Waals surface area contributed by atoms with Crippen LogP contribution in [-0.2, 0) is 4.79 Å². The fourth-order valence-electron chi connectivity index (χ4n) is 2.65. The smallest absolute Gasteiger partial charge is 0.326 e. The number of anilines is 1. The van der Waals surface area contributed by atoms with Gasteiger partial charge in [0.05, 0.1) is 0 Å². The van der Waals surface area contributed by atoms with Crippen molar-refractivity contribution in [3.05, 3.63) is 22.7 Å². The minimum absolute atomic E-state index is 0.0243. The van der Waals surface area contributed by atoms with Crippen molar-refractivity contribution in [3.8, 4) is 0 Å². The van der Waals surface area contributed by atoms with Crippen molar-refractivity contribution in [3.63, 3.8) is 0 Å². The number of piperidine rings is 1. The van der Waals surface area contributed by atoms with Crippen LogP contribution in [0.15, 0.2) is 17.2 Å². The standard InChI is InChI=1S/C14H21N3O3/c1-9(2)16-7-5-15-12(13(16)18)17-6-4-10(3)8-11(17)14(19)20/h5,7,9-11H,4,6,8H2,1-3H3,(H,19,20). The van der Waals surface area contributed by atoms with Gasteiger partial charge >= 0.3 is 5.97 Å². The molecular formula is C14H21N3O3. The average molecular weight is 279 g/mol. The predicted molar refractivity (Wildman–Crippen MR) is 76.0 cm³/mol. The Morgan fingerprint density at radius 1 is 1.50 bits per heavy atom. The molecule has 1 aliphatic rings. The van der Waals surface area contributed by atoms with Gasteiger partial charge < -0.3 is 14.6 Å². The summed E-state index contributed by atoms with van der Waals surface area (Å²) in [6, 6.07) is -0.641. The van der Waals surface area contributed by atoms with Gasteiger partial charge in [-0.05, 0) is 32.6 Å². The Bertz CT molecular complexity index is 553. The van der Waals surface area contributed by atoms with E-state index in [4.69, 9.17) is 0 Å². The van der Waals surface area contributed by atoms with E-state index in [0.717, 1.165) is 6.42 Å². The zero-order chi connectivity index (χ0) is 14.9. The first kappa shape index (κ1) is 14.6. The fraction of sp³-hybridized carbons (Fsp3) is 0.643. The quantitative estimate of drug-likeness (QED) is 0.907. The monoisotopic (exact) mass is 279 g/mol. The molecule has 1 fully saturated rings. The minimum Gasteiger partial charge on any atom is -0.480 e. The number of hydrogen-bond donors (Lipinski definition) is 1. The summed E-state index contributed by atoms with van der Waals surface area (Å²) in [6.45, 7) is 6.43. The van der Waals surface area contributed by atoms with Gasteiger partial charge in [0.25, 0.3) is 5.56 Å². The first-order valence-corrected chi connectivity index (χ1v) is 6.98. The number of aromatic nitrogens is 2. The molecule has 1 aromatic heterocycles. The van der Waals surface area contributed by atoms with Crippen molar-refractivity contribution < 1.29 is 9.90 Å². The maximum absolute atomic E-state index is 12.4. The third kappa shape index (κ3) is 2.69. The molecule has 2 unspecified atom stereocenters. The first-order valence-electron chi connectivity index (χ1n) is 6.98. The molecule has 0 saturated carbocycles. The molecule has 6 heteroatoms. The Hall–Kier alpha value is -1.85. The van der Waals surface area contributed by atoms with E-state index in [1.807, 2.05) is 20.8 Å². The van der Waals surface area contributed by atoms with Crippen LogP contribution in [0, 0.1) is 5.92 Å². The van der Waals surface area contributed by atoms with E-state index in [2.05, 4.69) is 4.98 Å². The van der Waals surface area contributed by atoms with E-state index in [0.29, 0.717) is 18.9 Å². The summed E-state index contributed by atoms with van der Waals surface area (Å²) in [5.74, 6) is -0.290. The lowest BCUT2D eigenvalue weighted by Gasteiger charge is -2.36. The molecule has 1 N–H and O–H groups in total. The highest BCUT2D eigenvalue weighted by Gasteiger charge is 2.34. The first-order chi connectivity index (χ1) is 9.41. The second kappa shape index (κ2) is 5.64. The summed E-state index contributed by atoms with van der Waals surface area (Å²) in [4.78, 5) is 29.6. The summed E-state index contributed by atoms with van der Waals surface area (Å²) in [5, 5.41) is 9.38. The lowest BCUT2D eigenvalue weighted by molar-refractivity contribution is -0.139. The van der Waals surface area contributed by atoms with Crippen LogP contribution in [0.1, 0.15) is 39.7 Å². The van der Waals surface area contributed by atoms with Crippen molar-refractivity contribution in [2.75, 3.05) is 11.4 Å². The number of carboxylic acid groups (broad SMARTS) is 1. The molecule has 1 saturated heterocycles. The highest BCUT2D eigenvalue weighted by Crippen LogP contribution is 2.25. The van der Waals surface area contributed by atoms with Gasteiger partial charge in [0.15, 0.2) is 5.82 Å². The molecule has 1 aromatic rings. The van der Waals surface area contributed by atoms with E-state index >= 15 is 0 Å². The van der Waals surface area contributed by atoms with Gasteiger partial charge in [-0.2, -0.15) is 0 Å². The Morgan fingerprint density at radius 3 is 2.80 bits per heavy atom. The van der Waals surface area contributed by atoms with E-state index in [9.17, 15) is 14.7 Å². The molecule has 0 amide bonds. The second-order valence-corrected chi connectivity index (χ2v) is 5.73. The Balaban J connectivity index is 2.42. The van der Waals surface area contributed by atoms with Gasteiger partial charge in [-0.3, -0.25) is 4.79 Å². The summed E-state index contributed by atoms with van der Waals surface area (Å²) in [6.07, 6.45) is 4.63. The van der Waals surface area contributed by atoms with E-state index in [1.165, 1.54) is 0 Å². The Labute approximate surface area is 118 Å². The minimum atomic E-state index is -0.891. The highest BCUT2D eigenvalue weighted by atomic mass is 16.4. The summed E-state index contributed by atoms with van der Waals surface area (Å²) < 4.78 is 1.58. The van der Waals surface area contributed by atoms with Crippen LogP contribution < -0.4 is 10.5 Å². The van der Waals surface area contributed by atoms with Gasteiger partial charge in [0, 0.05) is 25.0 Å². The number of hydrogen-bond acceptors (Lipinski definition) is 4. The summed E-state index contributed by atoms with van der Waals surface area (Å²) in [5.41, 5.74) is -0.219.